The summed E-state index contributed by atoms with van der Waals surface area (Å²) in [7, 11) is 1.08. The molecule has 1 aliphatic heterocycles. The van der Waals surface area contributed by atoms with Crippen molar-refractivity contribution in [3.8, 4) is 6.07 Å². The van der Waals surface area contributed by atoms with E-state index in [0.29, 0.717) is 6.07 Å². The van der Waals surface area contributed by atoms with Gasteiger partial charge in [0, 0.05) is 0 Å². The van der Waals surface area contributed by atoms with Gasteiger partial charge in [-0.25, -0.2) is 9.18 Å². The van der Waals surface area contributed by atoms with Gasteiger partial charge in [0.1, 0.15) is 5.54 Å². The van der Waals surface area contributed by atoms with E-state index in [1.807, 2.05) is 0 Å². The van der Waals surface area contributed by atoms with Crippen LogP contribution in [-0.2, 0) is 15.7 Å². The number of rotatable bonds is 3. The minimum Gasteiger partial charge on any atom is -0.465 e. The van der Waals surface area contributed by atoms with E-state index < -0.39 is 46.1 Å². The number of benzene rings is 2. The van der Waals surface area contributed by atoms with Crippen molar-refractivity contribution in [1.82, 2.24) is 0 Å². The molecule has 0 bridgehead atoms. The predicted molar refractivity (Wildman–Crippen MR) is 111 cm³/mol. The smallest absolute Gasteiger partial charge is 0.417 e. The third kappa shape index (κ3) is 3.56. The van der Waals surface area contributed by atoms with Crippen molar-refractivity contribution in [2.75, 3.05) is 16.9 Å². The lowest BCUT2D eigenvalue weighted by atomic mass is 10.0. The van der Waals surface area contributed by atoms with Gasteiger partial charge in [-0.15, -0.1) is 0 Å². The number of nitrogens with zero attached hydrogens (tertiary/aromatic N) is 3. The molecule has 166 valence electrons. The first-order chi connectivity index (χ1) is 14.9. The number of halogens is 4. The molecule has 32 heavy (non-hydrogen) atoms. The second kappa shape index (κ2) is 7.87. The molecule has 0 spiro atoms. The molecule has 11 heteroatoms. The number of ether oxygens (including phenoxy) is 1. The first-order valence-corrected chi connectivity index (χ1v) is 9.44. The molecule has 1 amide bonds. The van der Waals surface area contributed by atoms with Crippen LogP contribution >= 0.6 is 12.2 Å². The predicted octanol–water partition coefficient (Wildman–Crippen LogP) is 4.42. The molecular formula is C21H15F4N3O3S. The number of thiocarbonyl (C=S) groups is 1. The van der Waals surface area contributed by atoms with Gasteiger partial charge in [0.15, 0.2) is 10.9 Å². The van der Waals surface area contributed by atoms with Crippen LogP contribution in [0.15, 0.2) is 36.4 Å². The van der Waals surface area contributed by atoms with Crippen LogP contribution in [0, 0.1) is 17.1 Å². The Kier molecular flexibility index (Phi) is 5.69. The van der Waals surface area contributed by atoms with Gasteiger partial charge in [0.05, 0.1) is 41.2 Å². The Balaban J connectivity index is 2.16. The monoisotopic (exact) mass is 465 g/mol. The zero-order valence-electron chi connectivity index (χ0n) is 17.0. The maximum atomic E-state index is 15.1. The van der Waals surface area contributed by atoms with Crippen LogP contribution in [0.25, 0.3) is 0 Å². The second-order valence-electron chi connectivity index (χ2n) is 7.29. The third-order valence-corrected chi connectivity index (χ3v) is 5.34. The van der Waals surface area contributed by atoms with Crippen molar-refractivity contribution < 1.29 is 31.9 Å². The molecule has 0 aromatic heterocycles. The molecule has 0 saturated carbocycles. The zero-order chi connectivity index (χ0) is 24.0. The Labute approximate surface area is 185 Å². The van der Waals surface area contributed by atoms with Crippen LogP contribution < -0.4 is 9.80 Å². The number of nitriles is 1. The Hall–Kier alpha value is -3.52. The molecule has 0 unspecified atom stereocenters. The van der Waals surface area contributed by atoms with Gasteiger partial charge in [-0.05, 0) is 56.4 Å². The van der Waals surface area contributed by atoms with Crippen LogP contribution in [0.2, 0.25) is 0 Å². The van der Waals surface area contributed by atoms with Gasteiger partial charge in [-0.1, -0.05) is 6.07 Å². The van der Waals surface area contributed by atoms with E-state index in [0.717, 1.165) is 29.0 Å². The number of anilines is 2. The molecule has 6 nitrogen and oxygen atoms in total. The molecule has 3 rings (SSSR count). The van der Waals surface area contributed by atoms with Gasteiger partial charge >= 0.3 is 12.1 Å². The lowest BCUT2D eigenvalue weighted by Crippen LogP contribution is -2.45. The number of methoxy groups -OCH3 is 1. The number of alkyl halides is 3. The minimum atomic E-state index is -4.85. The number of hydrogen-bond donors (Lipinski definition) is 0. The summed E-state index contributed by atoms with van der Waals surface area (Å²) in [6, 6.07) is 8.02. The Bertz CT molecular complexity index is 1190. The summed E-state index contributed by atoms with van der Waals surface area (Å²) in [5.41, 5.74) is -4.20. The Morgan fingerprint density at radius 1 is 1.22 bits per heavy atom. The largest absolute Gasteiger partial charge is 0.465 e. The summed E-state index contributed by atoms with van der Waals surface area (Å²) in [4.78, 5) is 27.0. The quantitative estimate of drug-likeness (QED) is 0.380. The maximum absolute atomic E-state index is 15.1. The Morgan fingerprint density at radius 2 is 1.88 bits per heavy atom. The van der Waals surface area contributed by atoms with Gasteiger partial charge < -0.3 is 9.64 Å². The first-order valence-electron chi connectivity index (χ1n) is 9.03. The summed E-state index contributed by atoms with van der Waals surface area (Å²) < 4.78 is 59.9. The average Bonchev–Trinajstić information content (AvgIpc) is 2.91. The van der Waals surface area contributed by atoms with Crippen molar-refractivity contribution in [2.45, 2.75) is 25.6 Å². The van der Waals surface area contributed by atoms with E-state index in [2.05, 4.69) is 4.74 Å². The van der Waals surface area contributed by atoms with Crippen LogP contribution in [0.4, 0.5) is 28.9 Å². The lowest BCUT2D eigenvalue weighted by molar-refractivity contribution is -0.137. The molecular weight excluding hydrogens is 450 g/mol. The summed E-state index contributed by atoms with van der Waals surface area (Å²) in [5, 5.41) is 8.70. The molecule has 0 atom stereocenters. The first kappa shape index (κ1) is 23.1. The number of amides is 1. The van der Waals surface area contributed by atoms with Crippen LogP contribution in [-0.4, -0.2) is 29.6 Å². The van der Waals surface area contributed by atoms with Crippen molar-refractivity contribution in [3.05, 3.63) is 58.9 Å². The summed E-state index contributed by atoms with van der Waals surface area (Å²) in [6.07, 6.45) is -4.85. The van der Waals surface area contributed by atoms with E-state index >= 15 is 4.39 Å². The summed E-state index contributed by atoms with van der Waals surface area (Å²) in [5.74, 6) is -2.67. The second-order valence-corrected chi connectivity index (χ2v) is 7.65. The molecule has 1 aliphatic rings. The highest BCUT2D eigenvalue weighted by Gasteiger charge is 2.51. The fourth-order valence-corrected chi connectivity index (χ4v) is 3.91. The van der Waals surface area contributed by atoms with E-state index in [-0.39, 0.29) is 16.5 Å². The molecule has 1 saturated heterocycles. The zero-order valence-corrected chi connectivity index (χ0v) is 17.8. The van der Waals surface area contributed by atoms with Crippen molar-refractivity contribution >= 4 is 40.6 Å². The highest BCUT2D eigenvalue weighted by molar-refractivity contribution is 7.81. The number of carbonyl (C=O) groups excluding carboxylic acids is 2. The summed E-state index contributed by atoms with van der Waals surface area (Å²) in [6.45, 7) is 2.83. The highest BCUT2D eigenvalue weighted by Crippen LogP contribution is 2.40. The SMILES string of the molecule is COC(=O)c1cccc(N2C(=S)N(c3ccc(C#N)c(C(F)(F)F)c3)C(=O)C2(C)C)c1F. The number of esters is 1. The van der Waals surface area contributed by atoms with E-state index in [1.54, 1.807) is 0 Å². The van der Waals surface area contributed by atoms with Gasteiger partial charge in [-0.2, -0.15) is 18.4 Å². The topological polar surface area (TPSA) is 73.6 Å². The normalized spacial score (nSPS) is 15.7. The van der Waals surface area contributed by atoms with Gasteiger partial charge in [-0.3, -0.25) is 9.69 Å². The standard InChI is InChI=1S/C21H15F4N3O3S/c1-20(2)18(30)27(12-8-7-11(10-26)14(9-12)21(23,24)25)19(32)28(20)15-6-4-5-13(16(15)22)17(29)31-3/h4-9H,1-3H3. The maximum Gasteiger partial charge on any atom is 0.417 e. The average molecular weight is 465 g/mol. The van der Waals surface area contributed by atoms with Crippen LogP contribution in [0.1, 0.15) is 35.3 Å². The van der Waals surface area contributed by atoms with Crippen LogP contribution in [0.3, 0.4) is 0 Å². The number of hydrogen-bond acceptors (Lipinski definition) is 5. The lowest BCUT2D eigenvalue weighted by Gasteiger charge is -2.30. The molecule has 1 fully saturated rings. The van der Waals surface area contributed by atoms with E-state index in [9.17, 15) is 22.8 Å². The van der Waals surface area contributed by atoms with Crippen molar-refractivity contribution in [3.63, 3.8) is 0 Å². The molecule has 0 radical (unpaired) electrons. The minimum absolute atomic E-state index is 0.219. The highest BCUT2D eigenvalue weighted by atomic mass is 32.1. The number of carbonyl (C=O) groups is 2. The summed E-state index contributed by atoms with van der Waals surface area (Å²) >= 11 is 5.35. The van der Waals surface area contributed by atoms with Crippen molar-refractivity contribution in [2.24, 2.45) is 0 Å². The Morgan fingerprint density at radius 3 is 2.44 bits per heavy atom. The van der Waals surface area contributed by atoms with E-state index in [4.69, 9.17) is 17.5 Å². The molecule has 2 aromatic rings. The van der Waals surface area contributed by atoms with Gasteiger partial charge in [0.2, 0.25) is 0 Å². The fraction of sp³-hybridized carbons (Fsp3) is 0.238. The van der Waals surface area contributed by atoms with Crippen molar-refractivity contribution in [1.29, 1.82) is 5.26 Å². The van der Waals surface area contributed by atoms with Gasteiger partial charge in [0.25, 0.3) is 5.91 Å². The fourth-order valence-electron chi connectivity index (χ4n) is 3.39. The third-order valence-electron chi connectivity index (χ3n) is 4.98. The van der Waals surface area contributed by atoms with E-state index in [1.165, 1.54) is 38.1 Å². The molecule has 0 aliphatic carbocycles. The van der Waals surface area contributed by atoms with Crippen LogP contribution in [0.5, 0.6) is 0 Å². The molecule has 1 heterocycles. The molecule has 2 aromatic carbocycles. The molecule has 0 N–H and O–H groups in total.